The van der Waals surface area contributed by atoms with Gasteiger partial charge in [0.2, 0.25) is 5.88 Å². The Kier molecular flexibility index (Phi) is 5.39. The number of hydrogen-bond donors (Lipinski definition) is 2. The quantitative estimate of drug-likeness (QED) is 0.470. The molecule has 4 heterocycles. The second kappa shape index (κ2) is 8.70. The molecule has 8 nitrogen and oxygen atoms in total. The molecule has 2 aliphatic rings. The minimum atomic E-state index is -0.358. The Morgan fingerprint density at radius 3 is 2.76 bits per heavy atom. The number of H-pyrrole nitrogens is 1. The van der Waals surface area contributed by atoms with Gasteiger partial charge in [-0.3, -0.25) is 5.10 Å². The fourth-order valence-electron chi connectivity index (χ4n) is 4.88. The van der Waals surface area contributed by atoms with Gasteiger partial charge in [0.15, 0.2) is 0 Å². The number of rotatable bonds is 5. The lowest BCUT2D eigenvalue weighted by Gasteiger charge is -2.22. The van der Waals surface area contributed by atoms with Crippen molar-refractivity contribution in [3.05, 3.63) is 53.7 Å². The normalized spacial score (nSPS) is 18.2. The third kappa shape index (κ3) is 3.78. The zero-order valence-electron chi connectivity index (χ0n) is 19.0. The molecule has 2 N–H and O–H groups in total. The standard InChI is InChI=1S/C26H26N4O4/c1-32-22-13-21-26(28-25(22)19-4-2-3-15-11-17(31)12-20(15)19)24(30-29-21)16-5-6-23(27-14-16)34-18-7-9-33-10-8-18/h2-6,13-14,17-18,31H,7-12H2,1H3,(H,29,30). The molecule has 0 spiro atoms. The topological polar surface area (TPSA) is 102 Å². The van der Waals surface area contributed by atoms with E-state index < -0.39 is 0 Å². The summed E-state index contributed by atoms with van der Waals surface area (Å²) in [4.78, 5) is 9.51. The number of pyridine rings is 2. The summed E-state index contributed by atoms with van der Waals surface area (Å²) < 4.78 is 17.1. The van der Waals surface area contributed by atoms with Crippen molar-refractivity contribution in [2.75, 3.05) is 20.3 Å². The summed E-state index contributed by atoms with van der Waals surface area (Å²) in [6, 6.07) is 11.9. The van der Waals surface area contributed by atoms with Crippen LogP contribution in [0.3, 0.4) is 0 Å². The van der Waals surface area contributed by atoms with Crippen molar-refractivity contribution in [2.45, 2.75) is 37.9 Å². The van der Waals surface area contributed by atoms with Crippen LogP contribution < -0.4 is 9.47 Å². The van der Waals surface area contributed by atoms with Gasteiger partial charge in [0, 0.05) is 42.3 Å². The van der Waals surface area contributed by atoms with Crippen LogP contribution in [0.2, 0.25) is 0 Å². The van der Waals surface area contributed by atoms with Crippen LogP contribution in [0, 0.1) is 0 Å². The third-order valence-corrected chi connectivity index (χ3v) is 6.61. The molecular weight excluding hydrogens is 432 g/mol. The third-order valence-electron chi connectivity index (χ3n) is 6.61. The van der Waals surface area contributed by atoms with Crippen molar-refractivity contribution in [2.24, 2.45) is 0 Å². The average molecular weight is 459 g/mol. The van der Waals surface area contributed by atoms with Gasteiger partial charge in [-0.2, -0.15) is 5.10 Å². The van der Waals surface area contributed by atoms with Crippen LogP contribution in [-0.2, 0) is 17.6 Å². The van der Waals surface area contributed by atoms with Gasteiger partial charge in [-0.25, -0.2) is 9.97 Å². The Balaban J connectivity index is 1.37. The van der Waals surface area contributed by atoms with Crippen LogP contribution in [0.25, 0.3) is 33.5 Å². The monoisotopic (exact) mass is 458 g/mol. The highest BCUT2D eigenvalue weighted by Crippen LogP contribution is 2.38. The summed E-state index contributed by atoms with van der Waals surface area (Å²) in [6.45, 7) is 1.45. The lowest BCUT2D eigenvalue weighted by Crippen LogP contribution is -2.26. The Morgan fingerprint density at radius 2 is 1.97 bits per heavy atom. The number of nitrogens with zero attached hydrogens (tertiary/aromatic N) is 3. The molecule has 3 aromatic heterocycles. The molecule has 0 saturated carbocycles. The highest BCUT2D eigenvalue weighted by Gasteiger charge is 2.25. The Bertz CT molecular complexity index is 1330. The highest BCUT2D eigenvalue weighted by molar-refractivity contribution is 5.93. The molecule has 1 aliphatic heterocycles. The largest absolute Gasteiger partial charge is 0.494 e. The number of nitrogens with one attached hydrogen (secondary N) is 1. The van der Waals surface area contributed by atoms with Crippen molar-refractivity contribution < 1.29 is 19.3 Å². The first-order chi connectivity index (χ1) is 16.7. The van der Waals surface area contributed by atoms with Crippen molar-refractivity contribution >= 4 is 11.0 Å². The summed E-state index contributed by atoms with van der Waals surface area (Å²) >= 11 is 0. The maximum Gasteiger partial charge on any atom is 0.213 e. The van der Waals surface area contributed by atoms with Crippen LogP contribution in [0.1, 0.15) is 24.0 Å². The molecule has 0 amide bonds. The molecule has 1 unspecified atom stereocenters. The predicted octanol–water partition coefficient (Wildman–Crippen LogP) is 3.71. The van der Waals surface area contributed by atoms with Gasteiger partial charge in [0.1, 0.15) is 28.8 Å². The Hall–Kier alpha value is -3.49. The Morgan fingerprint density at radius 1 is 1.09 bits per heavy atom. The molecule has 174 valence electrons. The van der Waals surface area contributed by atoms with Gasteiger partial charge >= 0.3 is 0 Å². The van der Waals surface area contributed by atoms with E-state index in [9.17, 15) is 5.11 Å². The van der Waals surface area contributed by atoms with E-state index in [0.29, 0.717) is 24.5 Å². The van der Waals surface area contributed by atoms with E-state index in [2.05, 4.69) is 21.2 Å². The van der Waals surface area contributed by atoms with E-state index in [1.807, 2.05) is 30.3 Å². The van der Waals surface area contributed by atoms with E-state index >= 15 is 0 Å². The number of methoxy groups -OCH3 is 1. The molecule has 8 heteroatoms. The summed E-state index contributed by atoms with van der Waals surface area (Å²) in [5, 5.41) is 17.8. The zero-order valence-corrected chi connectivity index (χ0v) is 19.0. The van der Waals surface area contributed by atoms with E-state index in [1.54, 1.807) is 13.3 Å². The van der Waals surface area contributed by atoms with Crippen LogP contribution in [0.5, 0.6) is 11.6 Å². The number of aromatic amines is 1. The molecule has 4 aromatic rings. The molecule has 1 aliphatic carbocycles. The number of aliphatic hydroxyl groups is 1. The minimum absolute atomic E-state index is 0.140. The minimum Gasteiger partial charge on any atom is -0.494 e. The van der Waals surface area contributed by atoms with E-state index in [1.165, 1.54) is 0 Å². The second-order valence-corrected chi connectivity index (χ2v) is 8.83. The van der Waals surface area contributed by atoms with Gasteiger partial charge in [-0.15, -0.1) is 0 Å². The predicted molar refractivity (Wildman–Crippen MR) is 127 cm³/mol. The molecular formula is C26H26N4O4. The van der Waals surface area contributed by atoms with Crippen molar-refractivity contribution in [1.82, 2.24) is 20.2 Å². The first-order valence-corrected chi connectivity index (χ1v) is 11.6. The van der Waals surface area contributed by atoms with Crippen LogP contribution in [0.4, 0.5) is 0 Å². The van der Waals surface area contributed by atoms with Crippen LogP contribution in [0.15, 0.2) is 42.6 Å². The second-order valence-electron chi connectivity index (χ2n) is 8.83. The Labute approximate surface area is 196 Å². The van der Waals surface area contributed by atoms with Gasteiger partial charge in [-0.05, 0) is 30.0 Å². The maximum absolute atomic E-state index is 10.2. The molecule has 1 fully saturated rings. The van der Waals surface area contributed by atoms with Crippen molar-refractivity contribution in [3.8, 4) is 34.1 Å². The average Bonchev–Trinajstić information content (AvgIpc) is 3.46. The summed E-state index contributed by atoms with van der Waals surface area (Å²) in [6.07, 6.45) is 4.59. The maximum atomic E-state index is 10.2. The number of fused-ring (bicyclic) bond motifs is 2. The smallest absolute Gasteiger partial charge is 0.213 e. The lowest BCUT2D eigenvalue weighted by atomic mass is 9.99. The highest BCUT2D eigenvalue weighted by atomic mass is 16.5. The molecule has 0 bridgehead atoms. The first kappa shape index (κ1) is 21.1. The summed E-state index contributed by atoms with van der Waals surface area (Å²) in [5.74, 6) is 1.26. The van der Waals surface area contributed by atoms with Crippen LogP contribution in [-0.4, -0.2) is 57.8 Å². The first-order valence-electron chi connectivity index (χ1n) is 11.6. The van der Waals surface area contributed by atoms with Gasteiger partial charge in [0.25, 0.3) is 0 Å². The van der Waals surface area contributed by atoms with Gasteiger partial charge < -0.3 is 19.3 Å². The van der Waals surface area contributed by atoms with Crippen LogP contribution >= 0.6 is 0 Å². The molecule has 1 atom stereocenters. The van der Waals surface area contributed by atoms with Crippen molar-refractivity contribution in [1.29, 1.82) is 0 Å². The zero-order chi connectivity index (χ0) is 23.1. The number of benzene rings is 1. The molecule has 6 rings (SSSR count). The van der Waals surface area contributed by atoms with E-state index in [4.69, 9.17) is 19.2 Å². The molecule has 34 heavy (non-hydrogen) atoms. The number of aromatic nitrogens is 4. The lowest BCUT2D eigenvalue weighted by molar-refractivity contribution is 0.0237. The number of hydrogen-bond acceptors (Lipinski definition) is 7. The SMILES string of the molecule is COc1cc2[nH]nc(-c3ccc(OC4CCOCC4)nc3)c2nc1-c1cccc2c1CC(O)C2. The fourth-order valence-corrected chi connectivity index (χ4v) is 4.88. The summed E-state index contributed by atoms with van der Waals surface area (Å²) in [7, 11) is 1.64. The molecule has 1 saturated heterocycles. The molecule has 1 aromatic carbocycles. The molecule has 0 radical (unpaired) electrons. The van der Waals surface area contributed by atoms with Crippen molar-refractivity contribution in [3.63, 3.8) is 0 Å². The number of aliphatic hydroxyl groups excluding tert-OH is 1. The van der Waals surface area contributed by atoms with E-state index in [-0.39, 0.29) is 12.2 Å². The van der Waals surface area contributed by atoms with E-state index in [0.717, 1.165) is 70.7 Å². The fraction of sp³-hybridized carbons (Fsp3) is 0.346. The number of ether oxygens (including phenoxy) is 3. The summed E-state index contributed by atoms with van der Waals surface area (Å²) in [5.41, 5.74) is 7.11. The van der Waals surface area contributed by atoms with Gasteiger partial charge in [0.05, 0.1) is 31.9 Å². The van der Waals surface area contributed by atoms with Gasteiger partial charge in [-0.1, -0.05) is 18.2 Å².